The third-order valence-electron chi connectivity index (χ3n) is 3.06. The molecular weight excluding hydrogens is 399 g/mol. The molecule has 8 heteroatoms. The maximum Gasteiger partial charge on any atom is 0.349 e. The molecule has 5 nitrogen and oxygen atoms in total. The summed E-state index contributed by atoms with van der Waals surface area (Å²) in [7, 11) is 0. The summed E-state index contributed by atoms with van der Waals surface area (Å²) in [6, 6.07) is 13.3. The van der Waals surface area contributed by atoms with Crippen molar-refractivity contribution in [3.63, 3.8) is 0 Å². The Morgan fingerprint density at radius 2 is 1.73 bits per heavy atom. The van der Waals surface area contributed by atoms with Gasteiger partial charge in [0.1, 0.15) is 11.6 Å². The number of rotatable bonds is 5. The van der Waals surface area contributed by atoms with Gasteiger partial charge in [0.15, 0.2) is 6.61 Å². The molecular formula is C18H11Cl3N2O3. The average molecular weight is 410 g/mol. The monoisotopic (exact) mass is 408 g/mol. The average Bonchev–Trinajstić information content (AvgIpc) is 2.61. The van der Waals surface area contributed by atoms with Gasteiger partial charge < -0.3 is 10.1 Å². The van der Waals surface area contributed by atoms with Gasteiger partial charge in [-0.2, -0.15) is 5.26 Å². The lowest BCUT2D eigenvalue weighted by atomic mass is 10.1. The Morgan fingerprint density at radius 3 is 2.31 bits per heavy atom. The zero-order valence-corrected chi connectivity index (χ0v) is 15.4. The summed E-state index contributed by atoms with van der Waals surface area (Å²) in [5, 5.41) is 12.1. The van der Waals surface area contributed by atoms with Crippen molar-refractivity contribution < 1.29 is 14.3 Å². The first kappa shape index (κ1) is 19.8. The highest BCUT2D eigenvalue weighted by atomic mass is 35.5. The molecule has 0 fully saturated rings. The second kappa shape index (κ2) is 9.25. The van der Waals surface area contributed by atoms with Crippen molar-refractivity contribution in [1.29, 1.82) is 5.26 Å². The lowest BCUT2D eigenvalue weighted by Gasteiger charge is -2.10. The Balaban J connectivity index is 2.00. The molecule has 0 aromatic heterocycles. The largest absolute Gasteiger partial charge is 0.451 e. The lowest BCUT2D eigenvalue weighted by Crippen LogP contribution is -2.21. The van der Waals surface area contributed by atoms with Crippen molar-refractivity contribution in [3.05, 3.63) is 68.7 Å². The molecule has 0 aliphatic heterocycles. The molecule has 0 aliphatic carbocycles. The SMILES string of the molecule is N#C/C(=C\c1ccccc1)C(=O)OCC(=O)Nc1c(Cl)cc(Cl)cc1Cl. The van der Waals surface area contributed by atoms with Crippen molar-refractivity contribution in [2.24, 2.45) is 0 Å². The molecule has 2 rings (SSSR count). The Bertz CT molecular complexity index is 883. The van der Waals surface area contributed by atoms with Crippen LogP contribution in [0.2, 0.25) is 15.1 Å². The number of benzene rings is 2. The second-order valence-corrected chi connectivity index (χ2v) is 6.20. The third-order valence-corrected chi connectivity index (χ3v) is 3.87. The van der Waals surface area contributed by atoms with Gasteiger partial charge in [0.2, 0.25) is 0 Å². The van der Waals surface area contributed by atoms with Gasteiger partial charge in [-0.15, -0.1) is 0 Å². The summed E-state index contributed by atoms with van der Waals surface area (Å²) in [4.78, 5) is 23.9. The molecule has 2 aromatic rings. The van der Waals surface area contributed by atoms with Crippen molar-refractivity contribution in [3.8, 4) is 6.07 Å². The number of nitriles is 1. The molecule has 0 unspecified atom stereocenters. The zero-order chi connectivity index (χ0) is 19.1. The van der Waals surface area contributed by atoms with E-state index in [0.29, 0.717) is 10.6 Å². The van der Waals surface area contributed by atoms with Crippen LogP contribution in [0.4, 0.5) is 5.69 Å². The standard InChI is InChI=1S/C18H11Cl3N2O3/c19-13-7-14(20)17(15(21)8-13)23-16(24)10-26-18(25)12(9-22)6-11-4-2-1-3-5-11/h1-8H,10H2,(H,23,24)/b12-6+. The van der Waals surface area contributed by atoms with E-state index in [1.54, 1.807) is 36.4 Å². The summed E-state index contributed by atoms with van der Waals surface area (Å²) in [5.74, 6) is -1.58. The van der Waals surface area contributed by atoms with E-state index in [1.165, 1.54) is 18.2 Å². The van der Waals surface area contributed by atoms with Gasteiger partial charge in [0.05, 0.1) is 15.7 Å². The minimum atomic E-state index is -0.917. The molecule has 0 saturated carbocycles. The predicted molar refractivity (Wildman–Crippen MR) is 101 cm³/mol. The van der Waals surface area contributed by atoms with Crippen LogP contribution in [0.5, 0.6) is 0 Å². The van der Waals surface area contributed by atoms with Crippen LogP contribution >= 0.6 is 34.8 Å². The summed E-state index contributed by atoms with van der Waals surface area (Å²) in [6.07, 6.45) is 1.37. The topological polar surface area (TPSA) is 79.2 Å². The number of anilines is 1. The van der Waals surface area contributed by atoms with Crippen LogP contribution in [0.25, 0.3) is 6.08 Å². The molecule has 1 N–H and O–H groups in total. The van der Waals surface area contributed by atoms with E-state index in [0.717, 1.165) is 0 Å². The molecule has 0 atom stereocenters. The molecule has 0 spiro atoms. The quantitative estimate of drug-likeness (QED) is 0.439. The maximum absolute atomic E-state index is 12.0. The molecule has 1 amide bonds. The van der Waals surface area contributed by atoms with E-state index in [4.69, 9.17) is 44.8 Å². The van der Waals surface area contributed by atoms with Gasteiger partial charge in [-0.25, -0.2) is 4.79 Å². The van der Waals surface area contributed by atoms with Crippen molar-refractivity contribution in [2.45, 2.75) is 0 Å². The van der Waals surface area contributed by atoms with Gasteiger partial charge in [0.25, 0.3) is 5.91 Å². The molecule has 0 heterocycles. The van der Waals surface area contributed by atoms with Crippen LogP contribution in [0.15, 0.2) is 48.0 Å². The van der Waals surface area contributed by atoms with Crippen molar-refractivity contribution >= 4 is 58.4 Å². The highest BCUT2D eigenvalue weighted by Crippen LogP contribution is 2.33. The summed E-state index contributed by atoms with van der Waals surface area (Å²) >= 11 is 17.7. The number of nitrogens with zero attached hydrogens (tertiary/aromatic N) is 1. The Hall–Kier alpha value is -2.52. The minimum absolute atomic E-state index is 0.142. The molecule has 2 aromatic carbocycles. The van der Waals surface area contributed by atoms with E-state index >= 15 is 0 Å². The van der Waals surface area contributed by atoms with Gasteiger partial charge in [-0.3, -0.25) is 4.79 Å². The third kappa shape index (κ3) is 5.50. The first-order valence-electron chi connectivity index (χ1n) is 7.19. The number of carbonyl (C=O) groups excluding carboxylic acids is 2. The van der Waals surface area contributed by atoms with Crippen LogP contribution in [-0.4, -0.2) is 18.5 Å². The summed E-state index contributed by atoms with van der Waals surface area (Å²) in [6.45, 7) is -0.609. The highest BCUT2D eigenvalue weighted by molar-refractivity contribution is 6.42. The number of hydrogen-bond acceptors (Lipinski definition) is 4. The number of hydrogen-bond donors (Lipinski definition) is 1. The smallest absolute Gasteiger partial charge is 0.349 e. The first-order valence-corrected chi connectivity index (χ1v) is 8.32. The van der Waals surface area contributed by atoms with Crippen LogP contribution in [0, 0.1) is 11.3 Å². The van der Waals surface area contributed by atoms with E-state index in [-0.39, 0.29) is 21.3 Å². The number of ether oxygens (including phenoxy) is 1. The number of halogens is 3. The van der Waals surface area contributed by atoms with Gasteiger partial charge in [0, 0.05) is 5.02 Å². The zero-order valence-electron chi connectivity index (χ0n) is 13.1. The maximum atomic E-state index is 12.0. The van der Waals surface area contributed by atoms with Crippen LogP contribution < -0.4 is 5.32 Å². The normalized spacial score (nSPS) is 10.8. The minimum Gasteiger partial charge on any atom is -0.451 e. The Morgan fingerprint density at radius 1 is 1.12 bits per heavy atom. The van der Waals surface area contributed by atoms with Gasteiger partial charge >= 0.3 is 5.97 Å². The Labute approximate surface area is 164 Å². The van der Waals surface area contributed by atoms with E-state index < -0.39 is 18.5 Å². The highest BCUT2D eigenvalue weighted by Gasteiger charge is 2.15. The van der Waals surface area contributed by atoms with Crippen molar-refractivity contribution in [1.82, 2.24) is 0 Å². The predicted octanol–water partition coefficient (Wildman–Crippen LogP) is 4.74. The van der Waals surface area contributed by atoms with Gasteiger partial charge in [-0.1, -0.05) is 65.1 Å². The van der Waals surface area contributed by atoms with E-state index in [9.17, 15) is 9.59 Å². The number of nitrogens with one attached hydrogen (secondary N) is 1. The lowest BCUT2D eigenvalue weighted by molar-refractivity contribution is -0.142. The fourth-order valence-corrected chi connectivity index (χ4v) is 2.81. The second-order valence-electron chi connectivity index (χ2n) is 4.95. The molecule has 26 heavy (non-hydrogen) atoms. The van der Waals surface area contributed by atoms with E-state index in [1.807, 2.05) is 0 Å². The van der Waals surface area contributed by atoms with Gasteiger partial charge in [-0.05, 0) is 23.8 Å². The number of esters is 1. The fourth-order valence-electron chi connectivity index (χ4n) is 1.90. The summed E-state index contributed by atoms with van der Waals surface area (Å²) in [5.41, 5.74) is 0.579. The molecule has 132 valence electrons. The van der Waals surface area contributed by atoms with Crippen LogP contribution in [-0.2, 0) is 14.3 Å². The van der Waals surface area contributed by atoms with Crippen molar-refractivity contribution in [2.75, 3.05) is 11.9 Å². The Kier molecular flexibility index (Phi) is 7.05. The first-order chi connectivity index (χ1) is 12.4. The number of amides is 1. The number of carbonyl (C=O) groups is 2. The summed E-state index contributed by atoms with van der Waals surface area (Å²) < 4.78 is 4.85. The van der Waals surface area contributed by atoms with Crippen LogP contribution in [0.1, 0.15) is 5.56 Å². The van der Waals surface area contributed by atoms with Crippen LogP contribution in [0.3, 0.4) is 0 Å². The fraction of sp³-hybridized carbons (Fsp3) is 0.0556. The molecule has 0 aliphatic rings. The molecule has 0 saturated heterocycles. The van der Waals surface area contributed by atoms with E-state index in [2.05, 4.69) is 5.32 Å². The molecule has 0 bridgehead atoms. The molecule has 0 radical (unpaired) electrons.